The molecule has 86 valence electrons. The Hall–Kier alpha value is -0.580. The minimum atomic E-state index is 0. The smallest absolute Gasteiger partial charge is 0.151 e. The normalized spacial score (nSPS) is 16.5. The summed E-state index contributed by atoms with van der Waals surface area (Å²) in [4.78, 5) is 2.23. The predicted molar refractivity (Wildman–Crippen MR) is 66.0 cm³/mol. The summed E-state index contributed by atoms with van der Waals surface area (Å²) in [7, 11) is 0. The standard InChI is InChI=1S/C9H14N4.2ClH/c10-8-3-6-13(7-4-8)9-2-1-5-11-12-9;;/h1-2,5,8H,3-4,6-7,10H2;2*1H. The molecule has 1 aliphatic heterocycles. The third kappa shape index (κ3) is 3.81. The lowest BCUT2D eigenvalue weighted by Gasteiger charge is -2.30. The fourth-order valence-electron chi connectivity index (χ4n) is 1.59. The summed E-state index contributed by atoms with van der Waals surface area (Å²) in [5.41, 5.74) is 5.81. The highest BCUT2D eigenvalue weighted by Gasteiger charge is 2.16. The van der Waals surface area contributed by atoms with Crippen molar-refractivity contribution < 1.29 is 0 Å². The number of piperidine rings is 1. The van der Waals surface area contributed by atoms with Gasteiger partial charge in [-0.3, -0.25) is 0 Å². The van der Waals surface area contributed by atoms with E-state index in [9.17, 15) is 0 Å². The van der Waals surface area contributed by atoms with Gasteiger partial charge in [-0.1, -0.05) is 0 Å². The number of aromatic nitrogens is 2. The van der Waals surface area contributed by atoms with Crippen LogP contribution >= 0.6 is 24.8 Å². The zero-order valence-corrected chi connectivity index (χ0v) is 10.0. The van der Waals surface area contributed by atoms with E-state index >= 15 is 0 Å². The molecule has 0 unspecified atom stereocenters. The maximum absolute atomic E-state index is 5.81. The maximum Gasteiger partial charge on any atom is 0.151 e. The maximum atomic E-state index is 5.81. The number of halogens is 2. The van der Waals surface area contributed by atoms with Crippen molar-refractivity contribution in [3.63, 3.8) is 0 Å². The average molecular weight is 251 g/mol. The van der Waals surface area contributed by atoms with Crippen LogP contribution in [-0.4, -0.2) is 29.3 Å². The third-order valence-corrected chi connectivity index (χ3v) is 2.42. The Balaban J connectivity index is 0.000000980. The first kappa shape index (κ1) is 14.4. The molecule has 6 heteroatoms. The summed E-state index contributed by atoms with van der Waals surface area (Å²) in [6.45, 7) is 2.00. The van der Waals surface area contributed by atoms with Crippen molar-refractivity contribution in [3.05, 3.63) is 18.3 Å². The highest BCUT2D eigenvalue weighted by Crippen LogP contribution is 2.15. The van der Waals surface area contributed by atoms with Crippen LogP contribution in [0.1, 0.15) is 12.8 Å². The number of nitrogens with two attached hydrogens (primary N) is 1. The van der Waals surface area contributed by atoms with Gasteiger partial charge < -0.3 is 10.6 Å². The lowest BCUT2D eigenvalue weighted by atomic mass is 10.1. The Bertz CT molecular complexity index is 262. The first-order chi connectivity index (χ1) is 6.36. The Morgan fingerprint density at radius 2 is 1.93 bits per heavy atom. The second kappa shape index (κ2) is 6.82. The van der Waals surface area contributed by atoms with E-state index < -0.39 is 0 Å². The van der Waals surface area contributed by atoms with E-state index in [0.29, 0.717) is 6.04 Å². The van der Waals surface area contributed by atoms with Crippen LogP contribution in [0.2, 0.25) is 0 Å². The minimum Gasteiger partial charge on any atom is -0.355 e. The van der Waals surface area contributed by atoms with E-state index in [-0.39, 0.29) is 24.8 Å². The largest absolute Gasteiger partial charge is 0.355 e. The molecule has 0 spiro atoms. The number of hydrogen-bond acceptors (Lipinski definition) is 4. The minimum absolute atomic E-state index is 0. The van der Waals surface area contributed by atoms with Crippen LogP contribution in [0.5, 0.6) is 0 Å². The van der Waals surface area contributed by atoms with E-state index in [1.807, 2.05) is 12.1 Å². The molecule has 0 aromatic carbocycles. The number of hydrogen-bond donors (Lipinski definition) is 1. The van der Waals surface area contributed by atoms with Gasteiger partial charge in [0.1, 0.15) is 0 Å². The van der Waals surface area contributed by atoms with Crippen LogP contribution in [0.4, 0.5) is 5.82 Å². The van der Waals surface area contributed by atoms with E-state index in [2.05, 4.69) is 15.1 Å². The van der Waals surface area contributed by atoms with Crippen molar-refractivity contribution in [1.82, 2.24) is 10.2 Å². The molecule has 2 rings (SSSR count). The second-order valence-corrected chi connectivity index (χ2v) is 3.41. The van der Waals surface area contributed by atoms with Crippen LogP contribution in [0, 0.1) is 0 Å². The average Bonchev–Trinajstić information content (AvgIpc) is 2.20. The van der Waals surface area contributed by atoms with Gasteiger partial charge in [-0.05, 0) is 25.0 Å². The number of rotatable bonds is 1. The lowest BCUT2D eigenvalue weighted by Crippen LogP contribution is -2.40. The molecule has 2 heterocycles. The molecule has 1 aliphatic rings. The van der Waals surface area contributed by atoms with Gasteiger partial charge in [0.25, 0.3) is 0 Å². The predicted octanol–water partition coefficient (Wildman–Crippen LogP) is 1.25. The third-order valence-electron chi connectivity index (χ3n) is 2.42. The van der Waals surface area contributed by atoms with Crippen molar-refractivity contribution in [3.8, 4) is 0 Å². The van der Waals surface area contributed by atoms with Gasteiger partial charge in [-0.15, -0.1) is 29.9 Å². The van der Waals surface area contributed by atoms with E-state index in [1.165, 1.54) is 0 Å². The van der Waals surface area contributed by atoms with Crippen LogP contribution in [0.25, 0.3) is 0 Å². The molecule has 0 bridgehead atoms. The molecule has 1 aromatic heterocycles. The van der Waals surface area contributed by atoms with Crippen LogP contribution in [-0.2, 0) is 0 Å². The van der Waals surface area contributed by atoms with Gasteiger partial charge in [-0.2, -0.15) is 5.10 Å². The molecular weight excluding hydrogens is 235 g/mol. The monoisotopic (exact) mass is 250 g/mol. The van der Waals surface area contributed by atoms with Crippen molar-refractivity contribution in [2.45, 2.75) is 18.9 Å². The van der Waals surface area contributed by atoms with Crippen molar-refractivity contribution in [1.29, 1.82) is 0 Å². The van der Waals surface area contributed by atoms with Gasteiger partial charge in [0, 0.05) is 25.3 Å². The van der Waals surface area contributed by atoms with Crippen molar-refractivity contribution in [2.24, 2.45) is 5.73 Å². The molecule has 1 fully saturated rings. The van der Waals surface area contributed by atoms with Gasteiger partial charge in [0.2, 0.25) is 0 Å². The van der Waals surface area contributed by atoms with Gasteiger partial charge in [0.15, 0.2) is 5.82 Å². The van der Waals surface area contributed by atoms with E-state index in [1.54, 1.807) is 6.20 Å². The summed E-state index contributed by atoms with van der Waals surface area (Å²) >= 11 is 0. The first-order valence-corrected chi connectivity index (χ1v) is 4.64. The summed E-state index contributed by atoms with van der Waals surface area (Å²) in [5, 5.41) is 7.92. The summed E-state index contributed by atoms with van der Waals surface area (Å²) in [6.07, 6.45) is 3.80. The van der Waals surface area contributed by atoms with Gasteiger partial charge in [0.05, 0.1) is 0 Å². The van der Waals surface area contributed by atoms with Crippen molar-refractivity contribution >= 4 is 30.6 Å². The second-order valence-electron chi connectivity index (χ2n) is 3.41. The van der Waals surface area contributed by atoms with Gasteiger partial charge in [-0.25, -0.2) is 0 Å². The highest BCUT2D eigenvalue weighted by molar-refractivity contribution is 5.85. The molecule has 2 N–H and O–H groups in total. The van der Waals surface area contributed by atoms with Crippen molar-refractivity contribution in [2.75, 3.05) is 18.0 Å². The van der Waals surface area contributed by atoms with E-state index in [0.717, 1.165) is 31.7 Å². The summed E-state index contributed by atoms with van der Waals surface area (Å²) in [6, 6.07) is 4.27. The topological polar surface area (TPSA) is 55.0 Å². The lowest BCUT2D eigenvalue weighted by molar-refractivity contribution is 0.497. The number of nitrogens with zero attached hydrogens (tertiary/aromatic N) is 3. The fraction of sp³-hybridized carbons (Fsp3) is 0.556. The molecule has 0 saturated carbocycles. The Kier molecular flexibility index (Phi) is 6.56. The number of anilines is 1. The summed E-state index contributed by atoms with van der Waals surface area (Å²) < 4.78 is 0. The van der Waals surface area contributed by atoms with Crippen LogP contribution in [0.3, 0.4) is 0 Å². The SMILES string of the molecule is Cl.Cl.NC1CCN(c2cccnn2)CC1. The molecule has 0 radical (unpaired) electrons. The molecule has 4 nitrogen and oxygen atoms in total. The summed E-state index contributed by atoms with van der Waals surface area (Å²) in [5.74, 6) is 0.967. The Labute approximate surface area is 102 Å². The quantitative estimate of drug-likeness (QED) is 0.816. The molecule has 0 amide bonds. The van der Waals surface area contributed by atoms with Crippen LogP contribution in [0.15, 0.2) is 18.3 Å². The molecule has 1 aromatic rings. The highest BCUT2D eigenvalue weighted by atomic mass is 35.5. The van der Waals surface area contributed by atoms with E-state index in [4.69, 9.17) is 5.73 Å². The fourth-order valence-corrected chi connectivity index (χ4v) is 1.59. The molecule has 0 aliphatic carbocycles. The zero-order chi connectivity index (χ0) is 9.10. The van der Waals surface area contributed by atoms with Gasteiger partial charge >= 0.3 is 0 Å². The Morgan fingerprint density at radius 1 is 1.27 bits per heavy atom. The molecule has 1 saturated heterocycles. The molecule has 0 atom stereocenters. The Morgan fingerprint density at radius 3 is 2.47 bits per heavy atom. The molecule has 15 heavy (non-hydrogen) atoms. The zero-order valence-electron chi connectivity index (χ0n) is 8.37. The first-order valence-electron chi connectivity index (χ1n) is 4.64. The molecular formula is C9H16Cl2N4. The van der Waals surface area contributed by atoms with Crippen LogP contribution < -0.4 is 10.6 Å².